The van der Waals surface area contributed by atoms with Gasteiger partial charge < -0.3 is 0 Å². The fourth-order valence-corrected chi connectivity index (χ4v) is 5.41. The van der Waals surface area contributed by atoms with E-state index in [1.807, 2.05) is 83.8 Å². The summed E-state index contributed by atoms with van der Waals surface area (Å²) in [5, 5.41) is 0.734. The molecule has 4 aromatic carbocycles. The van der Waals surface area contributed by atoms with E-state index in [0.29, 0.717) is 6.54 Å². The lowest BCUT2D eigenvalue weighted by Crippen LogP contribution is -2.35. The molecule has 0 unspecified atom stereocenters. The highest BCUT2D eigenvalue weighted by Gasteiger charge is 2.30. The number of thiazole rings is 1. The lowest BCUT2D eigenvalue weighted by atomic mass is 9.90. The molecule has 0 saturated heterocycles. The van der Waals surface area contributed by atoms with Crippen LogP contribution < -0.4 is 4.90 Å². The minimum absolute atomic E-state index is 0.0237. The smallest absolute Gasteiger partial charge is 0.241 e. The van der Waals surface area contributed by atoms with Crippen LogP contribution in [0.4, 0.5) is 5.13 Å². The topological polar surface area (TPSA) is 33.2 Å². The van der Waals surface area contributed by atoms with E-state index < -0.39 is 5.92 Å². The largest absolute Gasteiger partial charge is 0.283 e. The fourth-order valence-electron chi connectivity index (χ4n) is 4.29. The van der Waals surface area contributed by atoms with Gasteiger partial charge in [-0.05, 0) is 41.7 Å². The first kappa shape index (κ1) is 22.1. The number of nitrogens with zero attached hydrogens (tertiary/aromatic N) is 2. The highest BCUT2D eigenvalue weighted by molar-refractivity contribution is 7.22. The van der Waals surface area contributed by atoms with Gasteiger partial charge in [0.2, 0.25) is 5.91 Å². The van der Waals surface area contributed by atoms with E-state index >= 15 is 0 Å². The number of hydrogen-bond acceptors (Lipinski definition) is 3. The Morgan fingerprint density at radius 2 is 1.29 bits per heavy atom. The van der Waals surface area contributed by atoms with Crippen LogP contribution in [0.15, 0.2) is 103 Å². The SMILES string of the molecule is Cc1ccc(C)c2sc(N(Cc3ccccc3)C(=O)C(c3ccccc3)c3ccccc3)nc12. The second kappa shape index (κ2) is 9.62. The summed E-state index contributed by atoms with van der Waals surface area (Å²) in [6, 6.07) is 34.4. The van der Waals surface area contributed by atoms with E-state index in [2.05, 4.69) is 38.1 Å². The fraction of sp³-hybridized carbons (Fsp3) is 0.133. The Labute approximate surface area is 204 Å². The minimum Gasteiger partial charge on any atom is -0.283 e. The number of fused-ring (bicyclic) bond motifs is 1. The van der Waals surface area contributed by atoms with Crippen LogP contribution in [0.1, 0.15) is 33.7 Å². The first-order valence-electron chi connectivity index (χ1n) is 11.4. The van der Waals surface area contributed by atoms with Gasteiger partial charge in [-0.25, -0.2) is 4.98 Å². The molecule has 0 aliphatic heterocycles. The molecule has 34 heavy (non-hydrogen) atoms. The van der Waals surface area contributed by atoms with Crippen LogP contribution in [0, 0.1) is 13.8 Å². The highest BCUT2D eigenvalue weighted by atomic mass is 32.1. The zero-order valence-electron chi connectivity index (χ0n) is 19.3. The predicted octanol–water partition coefficient (Wildman–Crippen LogP) is 7.28. The Bertz CT molecular complexity index is 1330. The van der Waals surface area contributed by atoms with E-state index in [0.717, 1.165) is 37.6 Å². The van der Waals surface area contributed by atoms with Gasteiger partial charge in [-0.15, -0.1) is 0 Å². The summed E-state index contributed by atoms with van der Waals surface area (Å²) in [4.78, 5) is 21.2. The van der Waals surface area contributed by atoms with Crippen LogP contribution in [0.3, 0.4) is 0 Å². The molecule has 5 rings (SSSR count). The van der Waals surface area contributed by atoms with Crippen molar-refractivity contribution in [3.63, 3.8) is 0 Å². The summed E-state index contributed by atoms with van der Waals surface area (Å²) in [6.45, 7) is 4.64. The lowest BCUT2D eigenvalue weighted by molar-refractivity contribution is -0.119. The third-order valence-electron chi connectivity index (χ3n) is 6.12. The van der Waals surface area contributed by atoms with Crippen molar-refractivity contribution in [2.75, 3.05) is 4.90 Å². The first-order chi connectivity index (χ1) is 16.6. The number of aryl methyl sites for hydroxylation is 2. The Morgan fingerprint density at radius 1 is 0.765 bits per heavy atom. The third kappa shape index (κ3) is 4.37. The standard InChI is InChI=1S/C30H26N2OS/c1-21-18-19-22(2)28-27(21)31-30(34-28)32(20-23-12-6-3-7-13-23)29(33)26(24-14-8-4-9-15-24)25-16-10-5-11-17-25/h3-19,26H,20H2,1-2H3. The number of carbonyl (C=O) groups is 1. The summed E-state index contributed by atoms with van der Waals surface area (Å²) in [5.41, 5.74) is 6.30. The van der Waals surface area contributed by atoms with Gasteiger partial charge in [0, 0.05) is 0 Å². The van der Waals surface area contributed by atoms with Crippen molar-refractivity contribution in [1.29, 1.82) is 0 Å². The van der Waals surface area contributed by atoms with Gasteiger partial charge in [-0.3, -0.25) is 9.69 Å². The Balaban J connectivity index is 1.65. The van der Waals surface area contributed by atoms with E-state index in [4.69, 9.17) is 4.98 Å². The maximum Gasteiger partial charge on any atom is 0.241 e. The maximum atomic E-state index is 14.4. The number of aromatic nitrogens is 1. The van der Waals surface area contributed by atoms with Crippen LogP contribution in [-0.2, 0) is 11.3 Å². The van der Waals surface area contributed by atoms with E-state index in [-0.39, 0.29) is 5.91 Å². The van der Waals surface area contributed by atoms with Gasteiger partial charge in [-0.1, -0.05) is 114 Å². The normalized spacial score (nSPS) is 11.1. The van der Waals surface area contributed by atoms with Gasteiger partial charge in [0.25, 0.3) is 0 Å². The molecule has 3 nitrogen and oxygen atoms in total. The van der Waals surface area contributed by atoms with Crippen LogP contribution in [-0.4, -0.2) is 10.9 Å². The first-order valence-corrected chi connectivity index (χ1v) is 12.3. The molecular weight excluding hydrogens is 436 g/mol. The molecule has 1 aromatic heterocycles. The number of hydrogen-bond donors (Lipinski definition) is 0. The summed E-state index contributed by atoms with van der Waals surface area (Å²) in [7, 11) is 0. The van der Waals surface area contributed by atoms with Gasteiger partial charge in [0.1, 0.15) is 0 Å². The zero-order valence-corrected chi connectivity index (χ0v) is 20.1. The van der Waals surface area contributed by atoms with Gasteiger partial charge in [-0.2, -0.15) is 0 Å². The molecule has 1 heterocycles. The van der Waals surface area contributed by atoms with Crippen molar-refractivity contribution < 1.29 is 4.79 Å². The molecule has 0 aliphatic carbocycles. The molecule has 0 bridgehead atoms. The van der Waals surface area contributed by atoms with Gasteiger partial charge in [0.15, 0.2) is 5.13 Å². The van der Waals surface area contributed by atoms with E-state index in [1.54, 1.807) is 11.3 Å². The lowest BCUT2D eigenvalue weighted by Gasteiger charge is -2.26. The molecule has 168 valence electrons. The van der Waals surface area contributed by atoms with Crippen molar-refractivity contribution >= 4 is 32.6 Å². The average molecular weight is 463 g/mol. The van der Waals surface area contributed by atoms with Crippen LogP contribution in [0.25, 0.3) is 10.2 Å². The van der Waals surface area contributed by atoms with Crippen LogP contribution >= 0.6 is 11.3 Å². The van der Waals surface area contributed by atoms with E-state index in [1.165, 1.54) is 5.56 Å². The molecule has 0 N–H and O–H groups in total. The minimum atomic E-state index is -0.416. The number of amides is 1. The quantitative estimate of drug-likeness (QED) is 0.266. The highest BCUT2D eigenvalue weighted by Crippen LogP contribution is 2.36. The van der Waals surface area contributed by atoms with Gasteiger partial charge in [0.05, 0.1) is 22.7 Å². The molecule has 5 aromatic rings. The molecule has 4 heteroatoms. The number of benzene rings is 4. The second-order valence-electron chi connectivity index (χ2n) is 8.54. The Hall–Kier alpha value is -3.76. The summed E-state index contributed by atoms with van der Waals surface area (Å²) in [6.07, 6.45) is 0. The second-order valence-corrected chi connectivity index (χ2v) is 9.52. The van der Waals surface area contributed by atoms with Crippen molar-refractivity contribution in [1.82, 2.24) is 4.98 Å². The number of carbonyl (C=O) groups excluding carboxylic acids is 1. The number of rotatable bonds is 6. The Morgan fingerprint density at radius 3 is 1.85 bits per heavy atom. The predicted molar refractivity (Wildman–Crippen MR) is 141 cm³/mol. The van der Waals surface area contributed by atoms with Crippen molar-refractivity contribution in [2.45, 2.75) is 26.3 Å². The van der Waals surface area contributed by atoms with Crippen molar-refractivity contribution in [3.05, 3.63) is 131 Å². The van der Waals surface area contributed by atoms with Crippen molar-refractivity contribution in [2.24, 2.45) is 0 Å². The molecule has 0 fully saturated rings. The zero-order chi connectivity index (χ0) is 23.5. The third-order valence-corrected chi connectivity index (χ3v) is 7.34. The molecule has 0 saturated carbocycles. The molecular formula is C30H26N2OS. The van der Waals surface area contributed by atoms with E-state index in [9.17, 15) is 4.79 Å². The monoisotopic (exact) mass is 462 g/mol. The van der Waals surface area contributed by atoms with Crippen LogP contribution in [0.5, 0.6) is 0 Å². The molecule has 1 amide bonds. The van der Waals surface area contributed by atoms with Gasteiger partial charge >= 0.3 is 0 Å². The summed E-state index contributed by atoms with van der Waals surface area (Å²) < 4.78 is 1.14. The maximum absolute atomic E-state index is 14.4. The summed E-state index contributed by atoms with van der Waals surface area (Å²) in [5.74, 6) is -0.393. The van der Waals surface area contributed by atoms with Crippen LogP contribution in [0.2, 0.25) is 0 Å². The van der Waals surface area contributed by atoms with Crippen molar-refractivity contribution in [3.8, 4) is 0 Å². The summed E-state index contributed by atoms with van der Waals surface area (Å²) >= 11 is 1.60. The average Bonchev–Trinajstić information content (AvgIpc) is 3.34. The molecule has 0 radical (unpaired) electrons. The Kier molecular flexibility index (Phi) is 6.24. The molecule has 0 spiro atoms. The molecule has 0 atom stereocenters. The number of anilines is 1. The molecule has 0 aliphatic rings.